The van der Waals surface area contributed by atoms with Crippen LogP contribution in [-0.2, 0) is 0 Å². The highest BCUT2D eigenvalue weighted by atomic mass is 16.2. The fraction of sp³-hybridized carbons (Fsp3) is 0.588. The van der Waals surface area contributed by atoms with Crippen LogP contribution in [0.5, 0.6) is 0 Å². The summed E-state index contributed by atoms with van der Waals surface area (Å²) in [4.78, 5) is 14.8. The van der Waals surface area contributed by atoms with Crippen molar-refractivity contribution in [2.45, 2.75) is 46.1 Å². The van der Waals surface area contributed by atoms with E-state index in [1.165, 1.54) is 6.42 Å². The lowest BCUT2D eigenvalue weighted by molar-refractivity contribution is 0.0708. The summed E-state index contributed by atoms with van der Waals surface area (Å²) in [6.07, 6.45) is 3.47. The van der Waals surface area contributed by atoms with Gasteiger partial charge in [-0.3, -0.25) is 4.79 Å². The second-order valence-corrected chi connectivity index (χ2v) is 7.77. The van der Waals surface area contributed by atoms with Crippen LogP contribution in [0, 0.1) is 10.8 Å². The van der Waals surface area contributed by atoms with E-state index in [9.17, 15) is 4.79 Å². The van der Waals surface area contributed by atoms with Crippen molar-refractivity contribution in [3.63, 3.8) is 0 Å². The molecule has 2 N–H and O–H groups in total. The Morgan fingerprint density at radius 1 is 1.20 bits per heavy atom. The summed E-state index contributed by atoms with van der Waals surface area (Å²) in [6.45, 7) is 7.88. The molecule has 1 heterocycles. The molecule has 1 aromatic rings. The van der Waals surface area contributed by atoms with E-state index in [1.807, 2.05) is 12.1 Å². The molecule has 1 amide bonds. The summed E-state index contributed by atoms with van der Waals surface area (Å²) < 4.78 is 0. The molecule has 0 aromatic heterocycles. The molecule has 1 aromatic carbocycles. The zero-order chi connectivity index (χ0) is 14.5. The number of amides is 1. The molecule has 3 rings (SSSR count). The van der Waals surface area contributed by atoms with Gasteiger partial charge in [-0.1, -0.05) is 20.8 Å². The monoisotopic (exact) mass is 272 g/mol. The van der Waals surface area contributed by atoms with Crippen LogP contribution < -0.4 is 5.73 Å². The molecule has 108 valence electrons. The number of carbonyl (C=O) groups is 1. The van der Waals surface area contributed by atoms with Crippen LogP contribution in [0.2, 0.25) is 0 Å². The summed E-state index contributed by atoms with van der Waals surface area (Å²) in [6, 6.07) is 7.69. The van der Waals surface area contributed by atoms with Gasteiger partial charge in [-0.25, -0.2) is 0 Å². The number of carbonyl (C=O) groups excluding carboxylic acids is 1. The van der Waals surface area contributed by atoms with Crippen molar-refractivity contribution in [2.75, 3.05) is 12.3 Å². The van der Waals surface area contributed by atoms with E-state index in [0.717, 1.165) is 24.9 Å². The van der Waals surface area contributed by atoms with Crippen molar-refractivity contribution >= 4 is 11.6 Å². The lowest BCUT2D eigenvalue weighted by atomic mass is 9.65. The van der Waals surface area contributed by atoms with Crippen LogP contribution in [0.15, 0.2) is 24.3 Å². The molecule has 20 heavy (non-hydrogen) atoms. The largest absolute Gasteiger partial charge is 0.399 e. The number of nitrogens with two attached hydrogens (primary N) is 1. The maximum absolute atomic E-state index is 12.7. The van der Waals surface area contributed by atoms with Crippen LogP contribution in [0.1, 0.15) is 50.4 Å². The molecule has 1 aliphatic carbocycles. The highest BCUT2D eigenvalue weighted by molar-refractivity contribution is 5.95. The minimum atomic E-state index is 0.163. The Morgan fingerprint density at radius 2 is 1.85 bits per heavy atom. The molecular formula is C17H24N2O. The van der Waals surface area contributed by atoms with Crippen molar-refractivity contribution < 1.29 is 4.79 Å². The van der Waals surface area contributed by atoms with E-state index in [1.54, 1.807) is 12.1 Å². The highest BCUT2D eigenvalue weighted by Gasteiger charge is 2.50. The van der Waals surface area contributed by atoms with E-state index in [-0.39, 0.29) is 11.3 Å². The van der Waals surface area contributed by atoms with Crippen molar-refractivity contribution in [2.24, 2.45) is 10.8 Å². The van der Waals surface area contributed by atoms with E-state index >= 15 is 0 Å². The summed E-state index contributed by atoms with van der Waals surface area (Å²) in [5, 5.41) is 0. The Bertz CT molecular complexity index is 534. The van der Waals surface area contributed by atoms with Crippen molar-refractivity contribution in [3.8, 4) is 0 Å². The van der Waals surface area contributed by atoms with Crippen LogP contribution in [0.4, 0.5) is 5.69 Å². The van der Waals surface area contributed by atoms with Gasteiger partial charge in [-0.15, -0.1) is 0 Å². The summed E-state index contributed by atoms with van der Waals surface area (Å²) in [5.41, 5.74) is 7.79. The number of fused-ring (bicyclic) bond motifs is 2. The fourth-order valence-electron chi connectivity index (χ4n) is 4.49. The van der Waals surface area contributed by atoms with Gasteiger partial charge in [0.05, 0.1) is 0 Å². The maximum atomic E-state index is 12.7. The molecular weight excluding hydrogens is 248 g/mol. The minimum Gasteiger partial charge on any atom is -0.399 e. The Balaban J connectivity index is 1.85. The number of hydrogen-bond acceptors (Lipinski definition) is 2. The molecule has 3 nitrogen and oxygen atoms in total. The van der Waals surface area contributed by atoms with E-state index in [0.29, 0.717) is 17.1 Å². The predicted molar refractivity (Wildman–Crippen MR) is 81.4 cm³/mol. The SMILES string of the molecule is CC1(C)C[C@H]2C[C@](C)(CN2C(=O)c2ccc(N)cc2)C1. The number of benzene rings is 1. The lowest BCUT2D eigenvalue weighted by Gasteiger charge is -2.39. The van der Waals surface area contributed by atoms with Gasteiger partial charge in [0.25, 0.3) is 5.91 Å². The summed E-state index contributed by atoms with van der Waals surface area (Å²) in [7, 11) is 0. The zero-order valence-corrected chi connectivity index (χ0v) is 12.6. The van der Waals surface area contributed by atoms with Gasteiger partial charge >= 0.3 is 0 Å². The number of anilines is 1. The van der Waals surface area contributed by atoms with Crippen molar-refractivity contribution in [1.82, 2.24) is 4.90 Å². The average Bonchev–Trinajstić information content (AvgIpc) is 2.58. The van der Waals surface area contributed by atoms with Crippen LogP contribution >= 0.6 is 0 Å². The third-order valence-corrected chi connectivity index (χ3v) is 4.83. The number of rotatable bonds is 1. The Morgan fingerprint density at radius 3 is 2.50 bits per heavy atom. The topological polar surface area (TPSA) is 46.3 Å². The first-order valence-corrected chi connectivity index (χ1v) is 7.45. The number of nitrogen functional groups attached to an aromatic ring is 1. The van der Waals surface area contributed by atoms with E-state index in [2.05, 4.69) is 25.7 Å². The number of likely N-dealkylation sites (tertiary alicyclic amines) is 1. The Hall–Kier alpha value is -1.51. The smallest absolute Gasteiger partial charge is 0.254 e. The van der Waals surface area contributed by atoms with Crippen molar-refractivity contribution in [1.29, 1.82) is 0 Å². The van der Waals surface area contributed by atoms with E-state index < -0.39 is 0 Å². The first kappa shape index (κ1) is 13.5. The number of hydrogen-bond donors (Lipinski definition) is 1. The van der Waals surface area contributed by atoms with Gasteiger partial charge in [0, 0.05) is 23.8 Å². The van der Waals surface area contributed by atoms with Gasteiger partial charge < -0.3 is 10.6 Å². The molecule has 1 saturated heterocycles. The third-order valence-electron chi connectivity index (χ3n) is 4.83. The fourth-order valence-corrected chi connectivity index (χ4v) is 4.49. The Kier molecular flexibility index (Phi) is 2.86. The van der Waals surface area contributed by atoms with Gasteiger partial charge in [0.1, 0.15) is 0 Å². The number of nitrogens with zero attached hydrogens (tertiary/aromatic N) is 1. The highest BCUT2D eigenvalue weighted by Crippen LogP contribution is 2.52. The summed E-state index contributed by atoms with van der Waals surface area (Å²) >= 11 is 0. The van der Waals surface area contributed by atoms with Gasteiger partial charge in [0.15, 0.2) is 0 Å². The molecule has 1 saturated carbocycles. The molecule has 2 fully saturated rings. The Labute approximate surface area is 121 Å². The van der Waals surface area contributed by atoms with Crippen LogP contribution in [-0.4, -0.2) is 23.4 Å². The first-order valence-electron chi connectivity index (χ1n) is 7.45. The van der Waals surface area contributed by atoms with Crippen LogP contribution in [0.25, 0.3) is 0 Å². The molecule has 2 atom stereocenters. The maximum Gasteiger partial charge on any atom is 0.254 e. The summed E-state index contributed by atoms with van der Waals surface area (Å²) in [5.74, 6) is 0.163. The van der Waals surface area contributed by atoms with Gasteiger partial charge in [0.2, 0.25) is 0 Å². The lowest BCUT2D eigenvalue weighted by Crippen LogP contribution is -2.37. The molecule has 2 bridgehead atoms. The minimum absolute atomic E-state index is 0.163. The van der Waals surface area contributed by atoms with Crippen LogP contribution in [0.3, 0.4) is 0 Å². The normalized spacial score (nSPS) is 31.4. The predicted octanol–water partition coefficient (Wildman–Crippen LogP) is 3.31. The standard InChI is InChI=1S/C17H24N2O/c1-16(2)8-14-9-17(3,10-16)11-19(14)15(20)12-4-6-13(18)7-5-12/h4-7,14H,8-11,18H2,1-3H3/t14-,17-/m0/s1. The quantitative estimate of drug-likeness (QED) is 0.797. The van der Waals surface area contributed by atoms with E-state index in [4.69, 9.17) is 5.73 Å². The van der Waals surface area contributed by atoms with Gasteiger partial charge in [-0.05, 0) is 54.4 Å². The first-order chi connectivity index (χ1) is 9.28. The van der Waals surface area contributed by atoms with Gasteiger partial charge in [-0.2, -0.15) is 0 Å². The average molecular weight is 272 g/mol. The zero-order valence-electron chi connectivity index (χ0n) is 12.6. The molecule has 3 heteroatoms. The van der Waals surface area contributed by atoms with Crippen molar-refractivity contribution in [3.05, 3.63) is 29.8 Å². The molecule has 0 unspecified atom stereocenters. The second-order valence-electron chi connectivity index (χ2n) is 7.77. The molecule has 1 aliphatic heterocycles. The molecule has 0 spiro atoms. The second kappa shape index (κ2) is 4.24. The third kappa shape index (κ3) is 2.30. The molecule has 2 aliphatic rings. The molecule has 0 radical (unpaired) electrons.